The predicted octanol–water partition coefficient (Wildman–Crippen LogP) is 6.55. The van der Waals surface area contributed by atoms with E-state index in [2.05, 4.69) is 9.88 Å². The quantitative estimate of drug-likeness (QED) is 0.471. The molecule has 136 valence electrons. The van der Waals surface area contributed by atoms with Crippen LogP contribution in [0.4, 0.5) is 5.69 Å². The van der Waals surface area contributed by atoms with E-state index in [1.807, 2.05) is 44.2 Å². The molecule has 1 aromatic heterocycles. The highest BCUT2D eigenvalue weighted by molar-refractivity contribution is 6.42. The largest absolute Gasteiger partial charge is 0.321 e. The number of benzene rings is 2. The molecule has 1 aliphatic heterocycles. The SMILES string of the molecule is Cc1cc(/C=C2/C(=O)Nc3cc(Cl)ccc32)c(C)n1-c1ccc(Cl)c(Cl)c1. The number of rotatable bonds is 2. The Bertz CT molecular complexity index is 1130. The van der Waals surface area contributed by atoms with Crippen LogP contribution in [0.5, 0.6) is 0 Å². The zero-order chi connectivity index (χ0) is 19.3. The van der Waals surface area contributed by atoms with Crippen LogP contribution < -0.4 is 5.32 Å². The molecule has 0 saturated carbocycles. The van der Waals surface area contributed by atoms with Crippen LogP contribution in [0, 0.1) is 13.8 Å². The minimum Gasteiger partial charge on any atom is -0.321 e. The molecule has 0 radical (unpaired) electrons. The normalized spacial score (nSPS) is 14.6. The Morgan fingerprint density at radius 3 is 2.48 bits per heavy atom. The topological polar surface area (TPSA) is 34.0 Å². The Hall–Kier alpha value is -2.20. The molecule has 2 aromatic carbocycles. The van der Waals surface area contributed by atoms with E-state index < -0.39 is 0 Å². The van der Waals surface area contributed by atoms with Gasteiger partial charge in [0.25, 0.3) is 5.91 Å². The second kappa shape index (κ2) is 6.75. The molecule has 0 bridgehead atoms. The van der Waals surface area contributed by atoms with E-state index in [-0.39, 0.29) is 5.91 Å². The van der Waals surface area contributed by atoms with Crippen LogP contribution in [-0.4, -0.2) is 10.5 Å². The number of nitrogens with one attached hydrogen (secondary N) is 1. The molecule has 1 aliphatic rings. The van der Waals surface area contributed by atoms with Gasteiger partial charge in [0.15, 0.2) is 0 Å². The maximum absolute atomic E-state index is 12.4. The lowest BCUT2D eigenvalue weighted by molar-refractivity contribution is -0.110. The van der Waals surface area contributed by atoms with Crippen LogP contribution in [-0.2, 0) is 4.79 Å². The smallest absolute Gasteiger partial charge is 0.256 e. The summed E-state index contributed by atoms with van der Waals surface area (Å²) in [6, 6.07) is 13.0. The third-order valence-electron chi connectivity index (χ3n) is 4.70. The van der Waals surface area contributed by atoms with Crippen molar-refractivity contribution in [1.82, 2.24) is 4.57 Å². The first-order chi connectivity index (χ1) is 12.8. The summed E-state index contributed by atoms with van der Waals surface area (Å²) in [6.45, 7) is 4.03. The van der Waals surface area contributed by atoms with E-state index in [0.717, 1.165) is 33.9 Å². The molecule has 1 N–H and O–H groups in total. The van der Waals surface area contributed by atoms with Crippen molar-refractivity contribution >= 4 is 58.0 Å². The lowest BCUT2D eigenvalue weighted by atomic mass is 10.0. The van der Waals surface area contributed by atoms with Gasteiger partial charge in [0, 0.05) is 33.2 Å². The van der Waals surface area contributed by atoms with Crippen molar-refractivity contribution in [2.45, 2.75) is 13.8 Å². The van der Waals surface area contributed by atoms with Gasteiger partial charge in [-0.2, -0.15) is 0 Å². The number of aromatic nitrogens is 1. The number of carbonyl (C=O) groups excluding carboxylic acids is 1. The second-order valence-corrected chi connectivity index (χ2v) is 7.71. The molecule has 0 unspecified atom stereocenters. The summed E-state index contributed by atoms with van der Waals surface area (Å²) in [7, 11) is 0. The van der Waals surface area contributed by atoms with Gasteiger partial charge in [0.05, 0.1) is 15.7 Å². The number of hydrogen-bond donors (Lipinski definition) is 1. The highest BCUT2D eigenvalue weighted by Gasteiger charge is 2.25. The Kier molecular flexibility index (Phi) is 4.55. The van der Waals surface area contributed by atoms with Crippen molar-refractivity contribution in [3.63, 3.8) is 0 Å². The van der Waals surface area contributed by atoms with Crippen LogP contribution in [0.25, 0.3) is 17.3 Å². The molecule has 3 nitrogen and oxygen atoms in total. The highest BCUT2D eigenvalue weighted by Crippen LogP contribution is 2.36. The van der Waals surface area contributed by atoms with E-state index >= 15 is 0 Å². The number of hydrogen-bond acceptors (Lipinski definition) is 1. The zero-order valence-electron chi connectivity index (χ0n) is 14.6. The van der Waals surface area contributed by atoms with Gasteiger partial charge in [-0.15, -0.1) is 0 Å². The summed E-state index contributed by atoms with van der Waals surface area (Å²) >= 11 is 18.2. The number of aryl methyl sites for hydroxylation is 1. The molecule has 1 amide bonds. The number of halogens is 3. The van der Waals surface area contributed by atoms with Gasteiger partial charge < -0.3 is 9.88 Å². The monoisotopic (exact) mass is 416 g/mol. The van der Waals surface area contributed by atoms with Gasteiger partial charge in [-0.05, 0) is 61.9 Å². The van der Waals surface area contributed by atoms with Crippen LogP contribution in [0.1, 0.15) is 22.5 Å². The summed E-state index contributed by atoms with van der Waals surface area (Å²) in [4.78, 5) is 12.4. The Morgan fingerprint density at radius 2 is 1.74 bits per heavy atom. The van der Waals surface area contributed by atoms with E-state index in [9.17, 15) is 4.79 Å². The van der Waals surface area contributed by atoms with Gasteiger partial charge in [0.2, 0.25) is 0 Å². The van der Waals surface area contributed by atoms with E-state index in [4.69, 9.17) is 34.8 Å². The number of carbonyl (C=O) groups is 1. The molecule has 4 rings (SSSR count). The summed E-state index contributed by atoms with van der Waals surface area (Å²) in [5.41, 5.74) is 6.14. The summed E-state index contributed by atoms with van der Waals surface area (Å²) in [5.74, 6) is -0.133. The standard InChI is InChI=1S/C21H15Cl3N2O/c1-11-7-13(12(2)26(11)15-4-6-18(23)19(24)10-15)8-17-16-5-3-14(22)9-20(16)25-21(17)27/h3-10H,1-2H3,(H,25,27)/b17-8+. The average molecular weight is 418 g/mol. The second-order valence-electron chi connectivity index (χ2n) is 6.46. The maximum atomic E-state index is 12.4. The number of anilines is 1. The molecule has 0 atom stereocenters. The van der Waals surface area contributed by atoms with Crippen LogP contribution >= 0.6 is 34.8 Å². The van der Waals surface area contributed by atoms with Crippen molar-refractivity contribution in [1.29, 1.82) is 0 Å². The Labute approximate surface area is 172 Å². The van der Waals surface area contributed by atoms with Crippen molar-refractivity contribution in [2.75, 3.05) is 5.32 Å². The molecule has 6 heteroatoms. The van der Waals surface area contributed by atoms with Crippen molar-refractivity contribution in [3.8, 4) is 5.69 Å². The first-order valence-electron chi connectivity index (χ1n) is 8.32. The first-order valence-corrected chi connectivity index (χ1v) is 9.46. The Morgan fingerprint density at radius 1 is 0.963 bits per heavy atom. The minimum absolute atomic E-state index is 0.133. The van der Waals surface area contributed by atoms with Gasteiger partial charge in [-0.1, -0.05) is 40.9 Å². The summed E-state index contributed by atoms with van der Waals surface area (Å²) < 4.78 is 2.09. The lowest BCUT2D eigenvalue weighted by Gasteiger charge is -2.10. The minimum atomic E-state index is -0.133. The zero-order valence-corrected chi connectivity index (χ0v) is 16.9. The molecule has 0 aliphatic carbocycles. The van der Waals surface area contributed by atoms with Crippen LogP contribution in [0.3, 0.4) is 0 Å². The molecule has 3 aromatic rings. The molecule has 0 saturated heterocycles. The molecular weight excluding hydrogens is 403 g/mol. The van der Waals surface area contributed by atoms with Gasteiger partial charge >= 0.3 is 0 Å². The Balaban J connectivity index is 1.82. The van der Waals surface area contributed by atoms with Gasteiger partial charge in [0.1, 0.15) is 0 Å². The van der Waals surface area contributed by atoms with Gasteiger partial charge in [-0.25, -0.2) is 0 Å². The fourth-order valence-electron chi connectivity index (χ4n) is 3.42. The van der Waals surface area contributed by atoms with E-state index in [1.54, 1.807) is 18.2 Å². The number of nitrogens with zero attached hydrogens (tertiary/aromatic N) is 1. The van der Waals surface area contributed by atoms with Crippen molar-refractivity contribution in [3.05, 3.63) is 80.0 Å². The van der Waals surface area contributed by atoms with Crippen molar-refractivity contribution in [2.24, 2.45) is 0 Å². The van der Waals surface area contributed by atoms with Crippen LogP contribution in [0.2, 0.25) is 15.1 Å². The third kappa shape index (κ3) is 3.16. The van der Waals surface area contributed by atoms with E-state index in [0.29, 0.717) is 20.6 Å². The summed E-state index contributed by atoms with van der Waals surface area (Å²) in [6.07, 6.45) is 1.91. The maximum Gasteiger partial charge on any atom is 0.256 e. The van der Waals surface area contributed by atoms with Gasteiger partial charge in [-0.3, -0.25) is 4.79 Å². The fraction of sp³-hybridized carbons (Fsp3) is 0.0952. The molecular formula is C21H15Cl3N2O. The first kappa shape index (κ1) is 18.2. The highest BCUT2D eigenvalue weighted by atomic mass is 35.5. The summed E-state index contributed by atoms with van der Waals surface area (Å²) in [5, 5.41) is 4.47. The fourth-order valence-corrected chi connectivity index (χ4v) is 3.89. The molecule has 2 heterocycles. The number of fused-ring (bicyclic) bond motifs is 1. The molecule has 0 spiro atoms. The molecule has 0 fully saturated rings. The lowest BCUT2D eigenvalue weighted by Crippen LogP contribution is -2.03. The van der Waals surface area contributed by atoms with Crippen LogP contribution in [0.15, 0.2) is 42.5 Å². The predicted molar refractivity (Wildman–Crippen MR) is 113 cm³/mol. The van der Waals surface area contributed by atoms with E-state index in [1.165, 1.54) is 0 Å². The third-order valence-corrected chi connectivity index (χ3v) is 5.67. The average Bonchev–Trinajstić information content (AvgIpc) is 3.06. The molecule has 27 heavy (non-hydrogen) atoms. The van der Waals surface area contributed by atoms with Crippen molar-refractivity contribution < 1.29 is 4.79 Å². The number of amides is 1.